The summed E-state index contributed by atoms with van der Waals surface area (Å²) >= 11 is 0. The number of nitrogens with zero attached hydrogens (tertiary/aromatic N) is 2. The lowest BCUT2D eigenvalue weighted by molar-refractivity contribution is -0.133. The molecule has 2 amide bonds. The lowest BCUT2D eigenvalue weighted by Gasteiger charge is -2.45. The van der Waals surface area contributed by atoms with Crippen LogP contribution in [0.4, 0.5) is 0 Å². The van der Waals surface area contributed by atoms with Gasteiger partial charge in [-0.05, 0) is 38.3 Å². The zero-order valence-corrected chi connectivity index (χ0v) is 17.0. The minimum atomic E-state index is -0.863. The maximum atomic E-state index is 13.5. The van der Waals surface area contributed by atoms with E-state index >= 15 is 0 Å². The van der Waals surface area contributed by atoms with Crippen molar-refractivity contribution in [1.29, 1.82) is 0 Å². The first-order chi connectivity index (χ1) is 13.5. The van der Waals surface area contributed by atoms with Crippen molar-refractivity contribution in [2.45, 2.75) is 76.9 Å². The Hall–Kier alpha value is -2.30. The third-order valence-electron chi connectivity index (χ3n) is 6.50. The van der Waals surface area contributed by atoms with Crippen molar-refractivity contribution < 1.29 is 9.59 Å². The van der Waals surface area contributed by atoms with Gasteiger partial charge in [0.2, 0.25) is 5.91 Å². The number of benzene rings is 1. The van der Waals surface area contributed by atoms with Gasteiger partial charge in [-0.1, -0.05) is 50.8 Å². The van der Waals surface area contributed by atoms with Crippen molar-refractivity contribution >= 4 is 22.7 Å². The van der Waals surface area contributed by atoms with Crippen LogP contribution in [-0.4, -0.2) is 39.4 Å². The molecule has 0 spiro atoms. The van der Waals surface area contributed by atoms with E-state index in [0.717, 1.165) is 36.6 Å². The molecule has 1 atom stereocenters. The number of carbonyl (C=O) groups excluding carboxylic acids is 2. The fourth-order valence-electron chi connectivity index (χ4n) is 4.76. The first kappa shape index (κ1) is 19.0. The normalized spacial score (nSPS) is 23.1. The van der Waals surface area contributed by atoms with Crippen LogP contribution in [0.3, 0.4) is 0 Å². The average molecular weight is 382 g/mol. The van der Waals surface area contributed by atoms with Gasteiger partial charge in [-0.3, -0.25) is 9.59 Å². The third kappa shape index (κ3) is 3.21. The molecule has 5 nitrogen and oxygen atoms in total. The second kappa shape index (κ2) is 7.61. The predicted molar refractivity (Wildman–Crippen MR) is 111 cm³/mol. The maximum Gasteiger partial charge on any atom is 0.271 e. The number of carbonyl (C=O) groups is 2. The molecular weight excluding hydrogens is 350 g/mol. The van der Waals surface area contributed by atoms with E-state index in [1.807, 2.05) is 46.7 Å². The molecule has 2 heterocycles. The summed E-state index contributed by atoms with van der Waals surface area (Å²) in [4.78, 5) is 28.7. The fourth-order valence-corrected chi connectivity index (χ4v) is 4.76. The average Bonchev–Trinajstić information content (AvgIpc) is 3.07. The van der Waals surface area contributed by atoms with Gasteiger partial charge in [-0.2, -0.15) is 0 Å². The van der Waals surface area contributed by atoms with Crippen LogP contribution in [0.15, 0.2) is 30.3 Å². The zero-order valence-electron chi connectivity index (χ0n) is 17.0. The monoisotopic (exact) mass is 381 g/mol. The molecule has 4 rings (SSSR count). The Morgan fingerprint density at radius 2 is 1.96 bits per heavy atom. The number of hydrogen-bond donors (Lipinski definition) is 1. The third-order valence-corrected chi connectivity index (χ3v) is 6.50. The van der Waals surface area contributed by atoms with Crippen LogP contribution >= 0.6 is 0 Å². The van der Waals surface area contributed by atoms with E-state index in [2.05, 4.69) is 12.2 Å². The van der Waals surface area contributed by atoms with E-state index in [9.17, 15) is 9.59 Å². The number of fused-ring (bicyclic) bond motifs is 3. The van der Waals surface area contributed by atoms with Crippen molar-refractivity contribution in [3.8, 4) is 0 Å². The van der Waals surface area contributed by atoms with Gasteiger partial charge in [0.1, 0.15) is 11.2 Å². The summed E-state index contributed by atoms with van der Waals surface area (Å²) in [5, 5.41) is 4.33. The molecule has 1 saturated carbocycles. The molecule has 1 unspecified atom stereocenters. The molecule has 28 heavy (non-hydrogen) atoms. The molecule has 2 aromatic rings. The second-order valence-corrected chi connectivity index (χ2v) is 8.57. The van der Waals surface area contributed by atoms with E-state index in [1.54, 1.807) is 0 Å². The molecule has 150 valence electrons. The van der Waals surface area contributed by atoms with Crippen LogP contribution in [0.5, 0.6) is 0 Å². The summed E-state index contributed by atoms with van der Waals surface area (Å²) in [6, 6.07) is 10.3. The molecule has 1 aliphatic heterocycles. The number of unbranched alkanes of at least 4 members (excludes halogenated alkanes) is 1. The van der Waals surface area contributed by atoms with Gasteiger partial charge in [0.05, 0.1) is 6.54 Å². The van der Waals surface area contributed by atoms with Crippen molar-refractivity contribution in [1.82, 2.24) is 14.8 Å². The standard InChI is InChI=1S/C23H31N3O2/c1-3-4-14-26-21(27)20-15-17-10-8-9-13-19(17)25(20)16-23(26,2)22(28)24-18-11-6-5-7-12-18/h8-10,13,15,18H,3-7,11-12,14,16H2,1-2H3,(H,24,28). The molecule has 0 bridgehead atoms. The van der Waals surface area contributed by atoms with E-state index in [-0.39, 0.29) is 17.9 Å². The number of nitrogens with one attached hydrogen (secondary N) is 1. The molecule has 1 aromatic heterocycles. The summed E-state index contributed by atoms with van der Waals surface area (Å²) in [6.07, 6.45) is 7.58. The highest BCUT2D eigenvalue weighted by Crippen LogP contribution is 2.33. The summed E-state index contributed by atoms with van der Waals surface area (Å²) < 4.78 is 2.04. The summed E-state index contributed by atoms with van der Waals surface area (Å²) in [5.41, 5.74) is 0.858. The molecule has 1 aromatic carbocycles. The van der Waals surface area contributed by atoms with Crippen LogP contribution in [0.1, 0.15) is 69.3 Å². The molecule has 1 aliphatic carbocycles. The van der Waals surface area contributed by atoms with E-state index in [4.69, 9.17) is 0 Å². The maximum absolute atomic E-state index is 13.5. The first-order valence-corrected chi connectivity index (χ1v) is 10.8. The summed E-state index contributed by atoms with van der Waals surface area (Å²) in [7, 11) is 0. The first-order valence-electron chi connectivity index (χ1n) is 10.8. The second-order valence-electron chi connectivity index (χ2n) is 8.57. The molecule has 0 saturated heterocycles. The summed E-state index contributed by atoms with van der Waals surface area (Å²) in [6.45, 7) is 5.18. The van der Waals surface area contributed by atoms with Gasteiger partial charge in [0, 0.05) is 23.5 Å². The smallest absolute Gasteiger partial charge is 0.271 e. The van der Waals surface area contributed by atoms with Crippen molar-refractivity contribution in [3.63, 3.8) is 0 Å². The molecule has 2 aliphatic rings. The lowest BCUT2D eigenvalue weighted by atomic mass is 9.91. The van der Waals surface area contributed by atoms with Crippen molar-refractivity contribution in [2.24, 2.45) is 0 Å². The fraction of sp³-hybridized carbons (Fsp3) is 0.565. The highest BCUT2D eigenvalue weighted by atomic mass is 16.2. The predicted octanol–water partition coefficient (Wildman–Crippen LogP) is 4.10. The van der Waals surface area contributed by atoms with Crippen LogP contribution < -0.4 is 5.32 Å². The van der Waals surface area contributed by atoms with E-state index in [0.29, 0.717) is 18.8 Å². The Morgan fingerprint density at radius 3 is 2.71 bits per heavy atom. The van der Waals surface area contributed by atoms with Crippen LogP contribution in [-0.2, 0) is 11.3 Å². The Balaban J connectivity index is 1.70. The van der Waals surface area contributed by atoms with Gasteiger partial charge < -0.3 is 14.8 Å². The highest BCUT2D eigenvalue weighted by molar-refractivity contribution is 6.03. The minimum Gasteiger partial charge on any atom is -0.351 e. The van der Waals surface area contributed by atoms with Gasteiger partial charge in [-0.15, -0.1) is 0 Å². The van der Waals surface area contributed by atoms with Crippen molar-refractivity contribution in [2.75, 3.05) is 6.54 Å². The Kier molecular flexibility index (Phi) is 5.17. The van der Waals surface area contributed by atoms with E-state index in [1.165, 1.54) is 19.3 Å². The SMILES string of the molecule is CCCCN1C(=O)c2cc3ccccc3n2CC1(C)C(=O)NC1CCCCC1. The zero-order chi connectivity index (χ0) is 19.7. The molecule has 1 N–H and O–H groups in total. The largest absolute Gasteiger partial charge is 0.351 e. The Labute approximate surface area is 167 Å². The lowest BCUT2D eigenvalue weighted by Crippen LogP contribution is -2.65. The van der Waals surface area contributed by atoms with Crippen LogP contribution in [0, 0.1) is 0 Å². The Morgan fingerprint density at radius 1 is 1.21 bits per heavy atom. The van der Waals surface area contributed by atoms with Crippen LogP contribution in [0.25, 0.3) is 10.9 Å². The Bertz CT molecular complexity index is 881. The van der Waals surface area contributed by atoms with Crippen molar-refractivity contribution in [3.05, 3.63) is 36.0 Å². The summed E-state index contributed by atoms with van der Waals surface area (Å²) in [5.74, 6) is -0.0375. The van der Waals surface area contributed by atoms with E-state index < -0.39 is 5.54 Å². The molecule has 1 fully saturated rings. The van der Waals surface area contributed by atoms with Crippen LogP contribution in [0.2, 0.25) is 0 Å². The van der Waals surface area contributed by atoms with Gasteiger partial charge in [0.15, 0.2) is 0 Å². The van der Waals surface area contributed by atoms with Gasteiger partial charge in [-0.25, -0.2) is 0 Å². The molecular formula is C23H31N3O2. The number of amides is 2. The number of rotatable bonds is 5. The van der Waals surface area contributed by atoms with Gasteiger partial charge in [0.25, 0.3) is 5.91 Å². The number of aromatic nitrogens is 1. The topological polar surface area (TPSA) is 54.3 Å². The number of hydrogen-bond acceptors (Lipinski definition) is 2. The number of para-hydroxylation sites is 1. The minimum absolute atomic E-state index is 0.00714. The quantitative estimate of drug-likeness (QED) is 0.848. The molecule has 0 radical (unpaired) electrons. The van der Waals surface area contributed by atoms with Gasteiger partial charge >= 0.3 is 0 Å². The molecule has 5 heteroatoms. The highest BCUT2D eigenvalue weighted by Gasteiger charge is 2.47.